The van der Waals surface area contributed by atoms with Gasteiger partial charge in [0.15, 0.2) is 0 Å². The summed E-state index contributed by atoms with van der Waals surface area (Å²) in [5.74, 6) is -0.210. The molecule has 0 saturated heterocycles. The van der Waals surface area contributed by atoms with Gasteiger partial charge >= 0.3 is 6.18 Å². The first-order valence-electron chi connectivity index (χ1n) is 5.92. The van der Waals surface area contributed by atoms with Gasteiger partial charge in [0.25, 0.3) is 0 Å². The summed E-state index contributed by atoms with van der Waals surface area (Å²) in [5, 5.41) is 0. The van der Waals surface area contributed by atoms with E-state index in [-0.39, 0.29) is 0 Å². The molecule has 0 atom stereocenters. The van der Waals surface area contributed by atoms with Crippen LogP contribution >= 0.6 is 0 Å². The SMILES string of the molecule is Nc1cn2cc(-c3cnc(N)c(C(F)(F)F)c3)ccc2n1. The molecule has 0 aliphatic rings. The van der Waals surface area contributed by atoms with E-state index in [1.165, 1.54) is 6.20 Å². The van der Waals surface area contributed by atoms with E-state index < -0.39 is 17.6 Å². The van der Waals surface area contributed by atoms with E-state index >= 15 is 0 Å². The summed E-state index contributed by atoms with van der Waals surface area (Å²) in [6.45, 7) is 0. The third-order valence-corrected chi connectivity index (χ3v) is 3.03. The maximum atomic E-state index is 12.8. The number of aromatic nitrogens is 3. The molecule has 3 rings (SSSR count). The van der Waals surface area contributed by atoms with E-state index in [2.05, 4.69) is 9.97 Å². The number of halogens is 3. The van der Waals surface area contributed by atoms with Gasteiger partial charge in [-0.3, -0.25) is 0 Å². The summed E-state index contributed by atoms with van der Waals surface area (Å²) in [7, 11) is 0. The Hall–Kier alpha value is -2.77. The van der Waals surface area contributed by atoms with Gasteiger partial charge in [-0.2, -0.15) is 13.2 Å². The average molecular weight is 293 g/mol. The predicted octanol–water partition coefficient (Wildman–Crippen LogP) is 2.58. The largest absolute Gasteiger partial charge is 0.419 e. The van der Waals surface area contributed by atoms with Gasteiger partial charge in [-0.15, -0.1) is 0 Å². The average Bonchev–Trinajstić information content (AvgIpc) is 2.77. The van der Waals surface area contributed by atoms with Crippen molar-refractivity contribution in [2.24, 2.45) is 0 Å². The summed E-state index contributed by atoms with van der Waals surface area (Å²) in [5.41, 5.74) is 11.4. The Bertz CT molecular complexity index is 822. The van der Waals surface area contributed by atoms with Crippen molar-refractivity contribution < 1.29 is 13.2 Å². The number of nitrogens with zero attached hydrogens (tertiary/aromatic N) is 3. The Kier molecular flexibility index (Phi) is 2.75. The molecular weight excluding hydrogens is 283 g/mol. The van der Waals surface area contributed by atoms with Gasteiger partial charge in [0.05, 0.1) is 11.8 Å². The molecule has 0 aliphatic carbocycles. The molecule has 0 spiro atoms. The molecule has 0 radical (unpaired) electrons. The quantitative estimate of drug-likeness (QED) is 0.722. The normalized spacial score (nSPS) is 12.0. The van der Waals surface area contributed by atoms with E-state index in [1.54, 1.807) is 28.9 Å². The van der Waals surface area contributed by atoms with Gasteiger partial charge in [0.2, 0.25) is 0 Å². The van der Waals surface area contributed by atoms with Crippen LogP contribution in [0.25, 0.3) is 16.8 Å². The van der Waals surface area contributed by atoms with Gasteiger partial charge in [0.1, 0.15) is 17.3 Å². The maximum absolute atomic E-state index is 12.8. The standard InChI is InChI=1S/C13H10F3N5/c14-13(15,16)9-3-8(4-19-12(9)18)7-1-2-11-20-10(17)6-21(11)5-7/h1-6H,17H2,(H2,18,19). The highest BCUT2D eigenvalue weighted by Gasteiger charge is 2.34. The van der Waals surface area contributed by atoms with Crippen molar-refractivity contribution in [3.63, 3.8) is 0 Å². The van der Waals surface area contributed by atoms with Crippen molar-refractivity contribution >= 4 is 17.3 Å². The molecule has 3 aromatic rings. The highest BCUT2D eigenvalue weighted by Crippen LogP contribution is 2.35. The van der Waals surface area contributed by atoms with Crippen molar-refractivity contribution in [2.75, 3.05) is 11.5 Å². The molecular formula is C13H10F3N5. The zero-order chi connectivity index (χ0) is 15.2. The van der Waals surface area contributed by atoms with Crippen LogP contribution in [0.4, 0.5) is 24.8 Å². The highest BCUT2D eigenvalue weighted by molar-refractivity contribution is 5.67. The number of rotatable bonds is 1. The number of imidazole rings is 1. The van der Waals surface area contributed by atoms with Crippen molar-refractivity contribution in [2.45, 2.75) is 6.18 Å². The van der Waals surface area contributed by atoms with Crippen LogP contribution in [0.2, 0.25) is 0 Å². The molecule has 0 bridgehead atoms. The molecule has 0 aromatic carbocycles. The van der Waals surface area contributed by atoms with Gasteiger partial charge in [0, 0.05) is 23.5 Å². The molecule has 0 saturated carbocycles. The minimum Gasteiger partial charge on any atom is -0.383 e. The Balaban J connectivity index is 2.13. The van der Waals surface area contributed by atoms with Crippen LogP contribution in [0.5, 0.6) is 0 Å². The molecule has 21 heavy (non-hydrogen) atoms. The first-order chi connectivity index (χ1) is 9.84. The molecule has 108 valence electrons. The lowest BCUT2D eigenvalue weighted by molar-refractivity contribution is -0.137. The Labute approximate surface area is 117 Å². The predicted molar refractivity (Wildman–Crippen MR) is 72.2 cm³/mol. The number of pyridine rings is 2. The lowest BCUT2D eigenvalue weighted by Gasteiger charge is -2.11. The van der Waals surface area contributed by atoms with Gasteiger partial charge < -0.3 is 15.9 Å². The molecule has 0 amide bonds. The molecule has 3 heterocycles. The van der Waals surface area contributed by atoms with E-state index in [1.807, 2.05) is 0 Å². The van der Waals surface area contributed by atoms with E-state index in [0.717, 1.165) is 6.07 Å². The van der Waals surface area contributed by atoms with Crippen molar-refractivity contribution in [1.82, 2.24) is 14.4 Å². The van der Waals surface area contributed by atoms with Gasteiger partial charge in [-0.25, -0.2) is 9.97 Å². The second kappa shape index (κ2) is 4.37. The molecule has 5 nitrogen and oxygen atoms in total. The first kappa shape index (κ1) is 13.2. The first-order valence-corrected chi connectivity index (χ1v) is 5.92. The second-order valence-corrected chi connectivity index (χ2v) is 4.50. The number of hydrogen-bond donors (Lipinski definition) is 2. The third kappa shape index (κ3) is 2.35. The molecule has 0 fully saturated rings. The topological polar surface area (TPSA) is 82.2 Å². The van der Waals surface area contributed by atoms with Crippen LogP contribution in [-0.2, 0) is 6.18 Å². The summed E-state index contributed by atoms with van der Waals surface area (Å²) in [4.78, 5) is 7.66. The zero-order valence-corrected chi connectivity index (χ0v) is 10.6. The molecule has 4 N–H and O–H groups in total. The maximum Gasteiger partial charge on any atom is 0.419 e. The van der Waals surface area contributed by atoms with Crippen LogP contribution in [0, 0.1) is 0 Å². The number of fused-ring (bicyclic) bond motifs is 1. The van der Waals surface area contributed by atoms with Crippen molar-refractivity contribution in [3.05, 3.63) is 42.4 Å². The van der Waals surface area contributed by atoms with Crippen LogP contribution in [-0.4, -0.2) is 14.4 Å². The Morgan fingerprint density at radius 2 is 1.81 bits per heavy atom. The summed E-state index contributed by atoms with van der Waals surface area (Å²) in [6.07, 6.45) is -0.0388. The van der Waals surface area contributed by atoms with Gasteiger partial charge in [-0.05, 0) is 18.2 Å². The Morgan fingerprint density at radius 1 is 1.05 bits per heavy atom. The van der Waals surface area contributed by atoms with Crippen molar-refractivity contribution in [3.8, 4) is 11.1 Å². The Morgan fingerprint density at radius 3 is 2.52 bits per heavy atom. The summed E-state index contributed by atoms with van der Waals surface area (Å²) < 4.78 is 40.2. The fourth-order valence-corrected chi connectivity index (χ4v) is 2.04. The number of nitrogens with two attached hydrogens (primary N) is 2. The van der Waals surface area contributed by atoms with Crippen LogP contribution in [0.15, 0.2) is 36.8 Å². The van der Waals surface area contributed by atoms with Gasteiger partial charge in [-0.1, -0.05) is 0 Å². The fraction of sp³-hybridized carbons (Fsp3) is 0.0769. The molecule has 0 aliphatic heterocycles. The van der Waals surface area contributed by atoms with E-state index in [9.17, 15) is 13.2 Å². The second-order valence-electron chi connectivity index (χ2n) is 4.50. The minimum atomic E-state index is -4.55. The number of alkyl halides is 3. The van der Waals surface area contributed by atoms with Crippen LogP contribution < -0.4 is 11.5 Å². The monoisotopic (exact) mass is 293 g/mol. The zero-order valence-electron chi connectivity index (χ0n) is 10.6. The molecule has 8 heteroatoms. The number of anilines is 2. The lowest BCUT2D eigenvalue weighted by Crippen LogP contribution is -2.10. The van der Waals surface area contributed by atoms with E-state index in [0.29, 0.717) is 22.6 Å². The lowest BCUT2D eigenvalue weighted by atomic mass is 10.1. The smallest absolute Gasteiger partial charge is 0.383 e. The van der Waals surface area contributed by atoms with E-state index in [4.69, 9.17) is 11.5 Å². The molecule has 0 unspecified atom stereocenters. The summed E-state index contributed by atoms with van der Waals surface area (Å²) in [6, 6.07) is 4.29. The minimum absolute atomic E-state index is 0.311. The molecule has 3 aromatic heterocycles. The summed E-state index contributed by atoms with van der Waals surface area (Å²) >= 11 is 0. The third-order valence-electron chi connectivity index (χ3n) is 3.03. The van der Waals surface area contributed by atoms with Crippen LogP contribution in [0.3, 0.4) is 0 Å². The highest BCUT2D eigenvalue weighted by atomic mass is 19.4. The van der Waals surface area contributed by atoms with Crippen molar-refractivity contribution in [1.29, 1.82) is 0 Å². The number of hydrogen-bond acceptors (Lipinski definition) is 4. The number of nitrogen functional groups attached to an aromatic ring is 2. The van der Waals surface area contributed by atoms with Crippen LogP contribution in [0.1, 0.15) is 5.56 Å². The fourth-order valence-electron chi connectivity index (χ4n) is 2.04.